The zero-order chi connectivity index (χ0) is 21.5. The van der Waals surface area contributed by atoms with E-state index in [0.29, 0.717) is 16.1 Å². The van der Waals surface area contributed by atoms with Gasteiger partial charge < -0.3 is 9.52 Å². The molecule has 1 amide bonds. The van der Waals surface area contributed by atoms with Gasteiger partial charge in [0.25, 0.3) is 5.91 Å². The first-order valence-electron chi connectivity index (χ1n) is 10.2. The molecule has 0 spiro atoms. The smallest absolute Gasteiger partial charge is 0.272 e. The van der Waals surface area contributed by atoms with E-state index in [9.17, 15) is 9.90 Å². The van der Waals surface area contributed by atoms with Crippen LogP contribution >= 0.6 is 11.6 Å². The van der Waals surface area contributed by atoms with E-state index in [0.717, 1.165) is 53.5 Å². The lowest BCUT2D eigenvalue weighted by Crippen LogP contribution is -2.18. The van der Waals surface area contributed by atoms with Gasteiger partial charge in [0.2, 0.25) is 0 Å². The molecule has 2 N–H and O–H groups in total. The van der Waals surface area contributed by atoms with Crippen LogP contribution in [0.5, 0.6) is 5.75 Å². The molecule has 30 heavy (non-hydrogen) atoms. The fourth-order valence-electron chi connectivity index (χ4n) is 4.01. The molecule has 0 unspecified atom stereocenters. The Morgan fingerprint density at radius 2 is 1.97 bits per heavy atom. The van der Waals surface area contributed by atoms with Gasteiger partial charge in [0.1, 0.15) is 17.1 Å². The molecule has 0 saturated carbocycles. The molecule has 6 heteroatoms. The van der Waals surface area contributed by atoms with Crippen molar-refractivity contribution in [3.05, 3.63) is 63.4 Å². The number of nitrogens with one attached hydrogen (secondary N) is 1. The zero-order valence-corrected chi connectivity index (χ0v) is 18.1. The normalized spacial score (nSPS) is 14.3. The van der Waals surface area contributed by atoms with Crippen molar-refractivity contribution < 1.29 is 14.3 Å². The van der Waals surface area contributed by atoms with Gasteiger partial charge in [-0.15, -0.1) is 0 Å². The molecule has 0 fully saturated rings. The monoisotopic (exact) mass is 424 g/mol. The molecule has 1 aliphatic carbocycles. The van der Waals surface area contributed by atoms with Crippen molar-refractivity contribution in [2.24, 2.45) is 5.10 Å². The summed E-state index contributed by atoms with van der Waals surface area (Å²) in [5, 5.41) is 16.5. The number of amides is 1. The number of furan rings is 1. The van der Waals surface area contributed by atoms with E-state index in [1.807, 2.05) is 26.8 Å². The maximum atomic E-state index is 12.4. The summed E-state index contributed by atoms with van der Waals surface area (Å²) in [5.41, 5.74) is 5.81. The Bertz CT molecular complexity index is 1160. The highest BCUT2D eigenvalue weighted by Crippen LogP contribution is 2.42. The third-order valence-corrected chi connectivity index (χ3v) is 5.87. The van der Waals surface area contributed by atoms with Crippen LogP contribution in [-0.4, -0.2) is 17.2 Å². The number of phenols is 1. The first kappa shape index (κ1) is 20.5. The van der Waals surface area contributed by atoms with Crippen molar-refractivity contribution in [2.45, 2.75) is 51.9 Å². The van der Waals surface area contributed by atoms with Crippen LogP contribution in [0, 0.1) is 0 Å². The SMILES string of the molecule is CC(C)(C)c1cc2oc3c(c2c(C=NNC(=O)c2ccccc2Cl)c1O)CCCC3. The molecule has 0 bridgehead atoms. The molecule has 5 nitrogen and oxygen atoms in total. The highest BCUT2D eigenvalue weighted by Gasteiger charge is 2.27. The number of aryl methyl sites for hydroxylation is 2. The van der Waals surface area contributed by atoms with Crippen LogP contribution in [0.4, 0.5) is 0 Å². The minimum Gasteiger partial charge on any atom is -0.507 e. The van der Waals surface area contributed by atoms with Crippen LogP contribution in [0.15, 0.2) is 39.9 Å². The Hall–Kier alpha value is -2.79. The fraction of sp³-hybridized carbons (Fsp3) is 0.333. The van der Waals surface area contributed by atoms with Gasteiger partial charge in [0.15, 0.2) is 0 Å². The van der Waals surface area contributed by atoms with Crippen LogP contribution in [0.3, 0.4) is 0 Å². The number of hydrogen-bond acceptors (Lipinski definition) is 4. The molecule has 0 aliphatic heterocycles. The van der Waals surface area contributed by atoms with Crippen molar-refractivity contribution in [3.63, 3.8) is 0 Å². The summed E-state index contributed by atoms with van der Waals surface area (Å²) in [6.07, 6.45) is 5.50. The van der Waals surface area contributed by atoms with Crippen molar-refractivity contribution in [2.75, 3.05) is 0 Å². The number of benzene rings is 2. The van der Waals surface area contributed by atoms with E-state index >= 15 is 0 Å². The van der Waals surface area contributed by atoms with Crippen LogP contribution in [0.25, 0.3) is 11.0 Å². The lowest BCUT2D eigenvalue weighted by atomic mass is 9.83. The molecular weight excluding hydrogens is 400 g/mol. The van der Waals surface area contributed by atoms with E-state index in [1.54, 1.807) is 24.3 Å². The van der Waals surface area contributed by atoms with E-state index < -0.39 is 5.91 Å². The van der Waals surface area contributed by atoms with Gasteiger partial charge in [0.05, 0.1) is 16.8 Å². The summed E-state index contributed by atoms with van der Waals surface area (Å²) >= 11 is 6.09. The van der Waals surface area contributed by atoms with Gasteiger partial charge in [-0.2, -0.15) is 5.10 Å². The predicted molar refractivity (Wildman–Crippen MR) is 120 cm³/mol. The molecule has 0 saturated heterocycles. The highest BCUT2D eigenvalue weighted by atomic mass is 35.5. The van der Waals surface area contributed by atoms with Gasteiger partial charge in [-0.25, -0.2) is 5.43 Å². The van der Waals surface area contributed by atoms with Crippen LogP contribution in [-0.2, 0) is 18.3 Å². The molecule has 156 valence electrons. The van der Waals surface area contributed by atoms with Crippen molar-refractivity contribution >= 4 is 34.7 Å². The number of hydrazone groups is 1. The number of aromatic hydroxyl groups is 1. The summed E-state index contributed by atoms with van der Waals surface area (Å²) in [6, 6.07) is 8.72. The number of fused-ring (bicyclic) bond motifs is 3. The molecule has 0 atom stereocenters. The van der Waals surface area contributed by atoms with Gasteiger partial charge in [0, 0.05) is 28.5 Å². The molecule has 1 heterocycles. The largest absolute Gasteiger partial charge is 0.507 e. The molecule has 0 radical (unpaired) electrons. The Balaban J connectivity index is 1.77. The maximum absolute atomic E-state index is 12.4. The lowest BCUT2D eigenvalue weighted by Gasteiger charge is -2.21. The molecule has 2 aromatic carbocycles. The topological polar surface area (TPSA) is 74.8 Å². The van der Waals surface area contributed by atoms with Gasteiger partial charge >= 0.3 is 0 Å². The summed E-state index contributed by atoms with van der Waals surface area (Å²) < 4.78 is 6.16. The number of phenolic OH excluding ortho intramolecular Hbond substituents is 1. The van der Waals surface area contributed by atoms with Gasteiger partial charge in [-0.05, 0) is 42.9 Å². The third-order valence-electron chi connectivity index (χ3n) is 5.54. The summed E-state index contributed by atoms with van der Waals surface area (Å²) in [7, 11) is 0. The van der Waals surface area contributed by atoms with Gasteiger partial charge in [-0.1, -0.05) is 44.5 Å². The second kappa shape index (κ2) is 7.80. The first-order valence-corrected chi connectivity index (χ1v) is 10.5. The number of nitrogens with zero attached hydrogens (tertiary/aromatic N) is 1. The predicted octanol–water partition coefficient (Wildman–Crippen LogP) is 5.73. The minimum atomic E-state index is -0.409. The summed E-state index contributed by atoms with van der Waals surface area (Å²) in [6.45, 7) is 6.12. The second-order valence-electron chi connectivity index (χ2n) is 8.70. The number of carbonyl (C=O) groups is 1. The third kappa shape index (κ3) is 3.70. The zero-order valence-electron chi connectivity index (χ0n) is 17.4. The maximum Gasteiger partial charge on any atom is 0.272 e. The van der Waals surface area contributed by atoms with Crippen molar-refractivity contribution in [1.29, 1.82) is 0 Å². The van der Waals surface area contributed by atoms with E-state index in [4.69, 9.17) is 16.0 Å². The number of rotatable bonds is 3. The highest BCUT2D eigenvalue weighted by molar-refractivity contribution is 6.33. The lowest BCUT2D eigenvalue weighted by molar-refractivity contribution is 0.0955. The van der Waals surface area contributed by atoms with E-state index in [1.165, 1.54) is 6.21 Å². The summed E-state index contributed by atoms with van der Waals surface area (Å²) in [5.74, 6) is 0.741. The Kier molecular flexibility index (Phi) is 5.33. The number of halogens is 1. The van der Waals surface area contributed by atoms with E-state index in [-0.39, 0.29) is 11.2 Å². The Labute approximate surface area is 180 Å². The number of hydrogen-bond donors (Lipinski definition) is 2. The number of carbonyl (C=O) groups excluding carboxylic acids is 1. The average molecular weight is 425 g/mol. The Morgan fingerprint density at radius 1 is 1.23 bits per heavy atom. The quantitative estimate of drug-likeness (QED) is 0.416. The van der Waals surface area contributed by atoms with Crippen LogP contribution < -0.4 is 5.43 Å². The van der Waals surface area contributed by atoms with Crippen molar-refractivity contribution in [1.82, 2.24) is 5.43 Å². The molecular formula is C24H25ClN2O3. The average Bonchev–Trinajstić information content (AvgIpc) is 3.07. The Morgan fingerprint density at radius 3 is 2.70 bits per heavy atom. The molecule has 4 rings (SSSR count). The summed E-state index contributed by atoms with van der Waals surface area (Å²) in [4.78, 5) is 12.4. The molecule has 1 aromatic heterocycles. The minimum absolute atomic E-state index is 0.167. The van der Waals surface area contributed by atoms with Crippen LogP contribution in [0.2, 0.25) is 5.02 Å². The fourth-order valence-corrected chi connectivity index (χ4v) is 4.23. The van der Waals surface area contributed by atoms with Crippen molar-refractivity contribution in [3.8, 4) is 5.75 Å². The molecule has 3 aromatic rings. The standard InChI is InChI=1S/C24H25ClN2O3/c1-24(2,3)17-12-20-21(15-9-5-7-11-19(15)30-20)16(22(17)28)13-26-27-23(29)14-8-4-6-10-18(14)25/h4,6,8,10,12-13,28H,5,7,9,11H2,1-3H3,(H,27,29). The van der Waals surface area contributed by atoms with E-state index in [2.05, 4.69) is 10.5 Å². The second-order valence-corrected chi connectivity index (χ2v) is 9.11. The molecule has 1 aliphatic rings. The van der Waals surface area contributed by atoms with Gasteiger partial charge in [-0.3, -0.25) is 4.79 Å². The van der Waals surface area contributed by atoms with Crippen LogP contribution in [0.1, 0.15) is 66.4 Å². The first-order chi connectivity index (χ1) is 14.3.